The van der Waals surface area contributed by atoms with Crippen molar-refractivity contribution in [1.29, 1.82) is 0 Å². The summed E-state index contributed by atoms with van der Waals surface area (Å²) in [7, 11) is 0. The Hall–Kier alpha value is -3.10. The molecule has 1 aromatic carbocycles. The quantitative estimate of drug-likeness (QED) is 0.506. The number of hydrogen-bond donors (Lipinski definition) is 2. The molecular weight excluding hydrogens is 426 g/mol. The minimum Gasteiger partial charge on any atom is -0.348 e. The first-order valence-electron chi connectivity index (χ1n) is 12.3. The van der Waals surface area contributed by atoms with E-state index in [1.807, 2.05) is 43.5 Å². The number of imidazole rings is 1. The lowest BCUT2D eigenvalue weighted by Crippen LogP contribution is -2.44. The van der Waals surface area contributed by atoms with Gasteiger partial charge in [0, 0.05) is 24.6 Å². The molecule has 0 radical (unpaired) electrons. The first-order chi connectivity index (χ1) is 16.6. The predicted molar refractivity (Wildman–Crippen MR) is 132 cm³/mol. The maximum absolute atomic E-state index is 13.8. The summed E-state index contributed by atoms with van der Waals surface area (Å²) in [4.78, 5) is 29.8. The molecule has 180 valence electrons. The summed E-state index contributed by atoms with van der Waals surface area (Å²) in [5, 5.41) is 3.24. The van der Waals surface area contributed by atoms with Crippen LogP contribution in [0.25, 0.3) is 5.95 Å². The molecule has 1 amide bonds. The third kappa shape index (κ3) is 5.69. The molecule has 3 aromatic rings. The van der Waals surface area contributed by atoms with Gasteiger partial charge in [-0.05, 0) is 56.5 Å². The number of aryl methyl sites for hydroxylation is 1. The molecular formula is C26H35N7O. The molecule has 2 unspecified atom stereocenters. The van der Waals surface area contributed by atoms with Gasteiger partial charge >= 0.3 is 0 Å². The molecule has 4 rings (SSSR count). The van der Waals surface area contributed by atoms with Crippen LogP contribution in [0.1, 0.15) is 74.1 Å². The van der Waals surface area contributed by atoms with Crippen molar-refractivity contribution in [2.75, 3.05) is 13.1 Å². The van der Waals surface area contributed by atoms with Crippen LogP contribution in [-0.4, -0.2) is 43.4 Å². The molecule has 0 saturated carbocycles. The molecule has 1 aliphatic heterocycles. The summed E-state index contributed by atoms with van der Waals surface area (Å²) < 4.78 is 1.80. The Bertz CT molecular complexity index is 1060. The lowest BCUT2D eigenvalue weighted by atomic mass is 10.0. The Balaban J connectivity index is 1.66. The van der Waals surface area contributed by atoms with E-state index in [-0.39, 0.29) is 11.9 Å². The fourth-order valence-corrected chi connectivity index (χ4v) is 4.50. The van der Waals surface area contributed by atoms with Crippen molar-refractivity contribution in [2.45, 2.75) is 64.6 Å². The highest BCUT2D eigenvalue weighted by Gasteiger charge is 2.32. The highest BCUT2D eigenvalue weighted by Crippen LogP contribution is 2.26. The summed E-state index contributed by atoms with van der Waals surface area (Å²) >= 11 is 0. The van der Waals surface area contributed by atoms with E-state index < -0.39 is 6.04 Å². The summed E-state index contributed by atoms with van der Waals surface area (Å²) in [6, 6.07) is 9.50. The molecule has 8 nitrogen and oxygen atoms in total. The summed E-state index contributed by atoms with van der Waals surface area (Å²) in [6.07, 6.45) is 10.4. The van der Waals surface area contributed by atoms with Crippen LogP contribution in [0.15, 0.2) is 49.1 Å². The van der Waals surface area contributed by atoms with Crippen LogP contribution in [0.2, 0.25) is 0 Å². The van der Waals surface area contributed by atoms with Gasteiger partial charge in [-0.15, -0.1) is 0 Å². The summed E-state index contributed by atoms with van der Waals surface area (Å²) in [5.74, 6) is 0.522. The molecule has 0 bridgehead atoms. The van der Waals surface area contributed by atoms with E-state index in [0.29, 0.717) is 12.5 Å². The number of carbonyl (C=O) groups excluding carboxylic acids is 1. The number of carbonyl (C=O) groups is 1. The monoisotopic (exact) mass is 461 g/mol. The molecule has 0 spiro atoms. The van der Waals surface area contributed by atoms with Gasteiger partial charge in [0.15, 0.2) is 0 Å². The highest BCUT2D eigenvalue weighted by atomic mass is 16.2. The number of amides is 1. The number of likely N-dealkylation sites (tertiary alicyclic amines) is 1. The number of nitrogens with two attached hydrogens (primary N) is 1. The van der Waals surface area contributed by atoms with Gasteiger partial charge in [0.1, 0.15) is 12.4 Å². The first kappa shape index (κ1) is 24.0. The number of aromatic nitrogens is 4. The number of nitrogens with one attached hydrogen (secondary N) is 1. The largest absolute Gasteiger partial charge is 0.348 e. The van der Waals surface area contributed by atoms with E-state index in [0.717, 1.165) is 61.3 Å². The molecule has 3 N–H and O–H groups in total. The van der Waals surface area contributed by atoms with Crippen molar-refractivity contribution in [3.05, 3.63) is 71.6 Å². The van der Waals surface area contributed by atoms with Crippen molar-refractivity contribution in [3.8, 4) is 5.95 Å². The van der Waals surface area contributed by atoms with Gasteiger partial charge in [-0.2, -0.15) is 0 Å². The Morgan fingerprint density at radius 2 is 1.91 bits per heavy atom. The maximum Gasteiger partial charge on any atom is 0.244 e. The molecule has 3 heterocycles. The van der Waals surface area contributed by atoms with E-state index in [9.17, 15) is 4.79 Å². The van der Waals surface area contributed by atoms with Crippen LogP contribution in [0.5, 0.6) is 0 Å². The molecule has 2 atom stereocenters. The molecule has 1 fully saturated rings. The number of nitrogens with zero attached hydrogens (tertiary/aromatic N) is 5. The fourth-order valence-electron chi connectivity index (χ4n) is 4.50. The van der Waals surface area contributed by atoms with Crippen molar-refractivity contribution < 1.29 is 4.79 Å². The van der Waals surface area contributed by atoms with Gasteiger partial charge in [-0.3, -0.25) is 14.3 Å². The Morgan fingerprint density at radius 1 is 1.15 bits per heavy atom. The number of piperidine rings is 1. The lowest BCUT2D eigenvalue weighted by Gasteiger charge is -2.34. The maximum atomic E-state index is 13.8. The van der Waals surface area contributed by atoms with Gasteiger partial charge in [0.2, 0.25) is 11.9 Å². The van der Waals surface area contributed by atoms with Gasteiger partial charge < -0.3 is 11.1 Å². The van der Waals surface area contributed by atoms with Crippen LogP contribution in [0.4, 0.5) is 0 Å². The third-order valence-corrected chi connectivity index (χ3v) is 6.39. The van der Waals surface area contributed by atoms with E-state index in [1.54, 1.807) is 17.1 Å². The van der Waals surface area contributed by atoms with Crippen molar-refractivity contribution in [1.82, 2.24) is 29.7 Å². The second-order valence-corrected chi connectivity index (χ2v) is 8.98. The molecule has 1 saturated heterocycles. The molecule has 2 aromatic heterocycles. The number of hydrogen-bond acceptors (Lipinski definition) is 6. The minimum atomic E-state index is -0.466. The zero-order valence-electron chi connectivity index (χ0n) is 20.2. The highest BCUT2D eigenvalue weighted by molar-refractivity contribution is 5.83. The van der Waals surface area contributed by atoms with Gasteiger partial charge in [-0.25, -0.2) is 15.0 Å². The van der Waals surface area contributed by atoms with Crippen LogP contribution in [-0.2, 0) is 17.8 Å². The smallest absolute Gasteiger partial charge is 0.244 e. The topological polar surface area (TPSA) is 102 Å². The second kappa shape index (κ2) is 11.4. The zero-order valence-corrected chi connectivity index (χ0v) is 20.2. The SMILES string of the molecule is CCCc1cc(C(C(=O)NC(C)c2ccc(CN)cc2)N2CCCCC2)nc(-n2ccnc2)n1. The van der Waals surface area contributed by atoms with Crippen LogP contribution in [0, 0.1) is 0 Å². The predicted octanol–water partition coefficient (Wildman–Crippen LogP) is 3.48. The zero-order chi connectivity index (χ0) is 23.9. The first-order valence-corrected chi connectivity index (χ1v) is 12.3. The van der Waals surface area contributed by atoms with Crippen LogP contribution >= 0.6 is 0 Å². The van der Waals surface area contributed by atoms with Gasteiger partial charge in [0.25, 0.3) is 0 Å². The fraction of sp³-hybridized carbons (Fsp3) is 0.462. The van der Waals surface area contributed by atoms with E-state index in [2.05, 4.69) is 22.1 Å². The lowest BCUT2D eigenvalue weighted by molar-refractivity contribution is -0.128. The normalized spacial score (nSPS) is 16.2. The molecule has 1 aliphatic rings. The summed E-state index contributed by atoms with van der Waals surface area (Å²) in [5.41, 5.74) is 9.54. The third-order valence-electron chi connectivity index (χ3n) is 6.39. The Kier molecular flexibility index (Phi) is 8.03. The standard InChI is InChI=1S/C26H35N7O/c1-3-7-22-16-23(31-26(30-22)33-15-12-28-18-33)24(32-13-5-4-6-14-32)25(34)29-19(2)21-10-8-20(17-27)9-11-21/h8-12,15-16,18-19,24H,3-7,13-14,17,27H2,1-2H3,(H,29,34). The van der Waals surface area contributed by atoms with Crippen molar-refractivity contribution in [3.63, 3.8) is 0 Å². The average molecular weight is 462 g/mol. The number of rotatable bonds is 9. The molecule has 8 heteroatoms. The summed E-state index contributed by atoms with van der Waals surface area (Å²) in [6.45, 7) is 6.41. The van der Waals surface area contributed by atoms with Crippen molar-refractivity contribution in [2.24, 2.45) is 5.73 Å². The van der Waals surface area contributed by atoms with Crippen LogP contribution in [0.3, 0.4) is 0 Å². The van der Waals surface area contributed by atoms with Crippen LogP contribution < -0.4 is 11.1 Å². The van der Waals surface area contributed by atoms with E-state index in [4.69, 9.17) is 15.7 Å². The van der Waals surface area contributed by atoms with E-state index in [1.165, 1.54) is 6.42 Å². The minimum absolute atomic E-state index is 0.0324. The Labute approximate surface area is 201 Å². The molecule has 0 aliphatic carbocycles. The Morgan fingerprint density at radius 3 is 2.56 bits per heavy atom. The van der Waals surface area contributed by atoms with Crippen molar-refractivity contribution >= 4 is 5.91 Å². The van der Waals surface area contributed by atoms with E-state index >= 15 is 0 Å². The second-order valence-electron chi connectivity index (χ2n) is 8.98. The van der Waals surface area contributed by atoms with Gasteiger partial charge in [-0.1, -0.05) is 44.0 Å². The van der Waals surface area contributed by atoms with Gasteiger partial charge in [0.05, 0.1) is 11.7 Å². The average Bonchev–Trinajstić information content (AvgIpc) is 3.40. The number of benzene rings is 1. The molecule has 34 heavy (non-hydrogen) atoms.